The van der Waals surface area contributed by atoms with E-state index in [0.29, 0.717) is 10.9 Å². The van der Waals surface area contributed by atoms with Crippen molar-refractivity contribution in [1.82, 2.24) is 13.7 Å². The zero-order valence-corrected chi connectivity index (χ0v) is 9.41. The van der Waals surface area contributed by atoms with Gasteiger partial charge < -0.3 is 4.98 Å². The van der Waals surface area contributed by atoms with E-state index in [1.807, 2.05) is 0 Å². The van der Waals surface area contributed by atoms with Crippen LogP contribution in [-0.4, -0.2) is 18.7 Å². The van der Waals surface area contributed by atoms with Crippen LogP contribution in [0.15, 0.2) is 21.7 Å². The van der Waals surface area contributed by atoms with Crippen LogP contribution in [-0.2, 0) is 0 Å². The Morgan fingerprint density at radius 3 is 2.83 bits per heavy atom. The Hall–Kier alpha value is -2.55. The molecule has 0 bridgehead atoms. The number of fused-ring (bicyclic) bond motifs is 3. The van der Waals surface area contributed by atoms with Crippen LogP contribution in [0.5, 0.6) is 0 Å². The summed E-state index contributed by atoms with van der Waals surface area (Å²) in [5.74, 6) is 0. The summed E-state index contributed by atoms with van der Waals surface area (Å²) in [6.07, 6.45) is 0. The van der Waals surface area contributed by atoms with E-state index in [1.54, 1.807) is 0 Å². The quantitative estimate of drug-likeness (QED) is 0.381. The number of hydrogen-bond donors (Lipinski definition) is 2. The Balaban J connectivity index is 2.64. The van der Waals surface area contributed by atoms with Gasteiger partial charge in [0.25, 0.3) is 11.2 Å². The van der Waals surface area contributed by atoms with Crippen LogP contribution < -0.4 is 11.0 Å². The van der Waals surface area contributed by atoms with E-state index in [0.717, 1.165) is 17.8 Å². The van der Waals surface area contributed by atoms with Crippen LogP contribution >= 0.6 is 11.7 Å². The number of rotatable bonds is 1. The Morgan fingerprint density at radius 2 is 2.11 bits per heavy atom. The Kier molecular flexibility index (Phi) is 2.04. The minimum atomic E-state index is -0.810. The number of aromatic nitrogens is 3. The van der Waals surface area contributed by atoms with Crippen LogP contribution in [0.2, 0.25) is 0 Å². The first-order valence-corrected chi connectivity index (χ1v) is 5.54. The molecule has 18 heavy (non-hydrogen) atoms. The van der Waals surface area contributed by atoms with E-state index in [2.05, 4.69) is 13.7 Å². The molecule has 9 heteroatoms. The van der Waals surface area contributed by atoms with Crippen LogP contribution in [0.3, 0.4) is 0 Å². The van der Waals surface area contributed by atoms with Crippen molar-refractivity contribution in [2.45, 2.75) is 0 Å². The molecule has 0 amide bonds. The molecular formula is C9H4N4O4S. The number of non-ortho nitro benzene ring substituents is 1. The monoisotopic (exact) mass is 264 g/mol. The Bertz CT molecular complexity index is 906. The molecule has 90 valence electrons. The van der Waals surface area contributed by atoms with Gasteiger partial charge in [-0.15, -0.1) is 0 Å². The molecule has 0 aliphatic carbocycles. The maximum Gasteiger partial charge on any atom is 0.297 e. The number of benzene rings is 1. The second kappa shape index (κ2) is 3.47. The number of nitro groups is 1. The molecule has 0 fully saturated rings. The molecule has 8 nitrogen and oxygen atoms in total. The molecule has 2 aromatic heterocycles. The third kappa shape index (κ3) is 1.34. The third-order valence-electron chi connectivity index (χ3n) is 2.55. The normalized spacial score (nSPS) is 11.1. The molecule has 0 aliphatic heterocycles. The van der Waals surface area contributed by atoms with Crippen molar-refractivity contribution < 1.29 is 4.92 Å². The average molecular weight is 264 g/mol. The second-order valence-electron chi connectivity index (χ2n) is 3.58. The minimum Gasteiger partial charge on any atom is -0.318 e. The smallest absolute Gasteiger partial charge is 0.297 e. The van der Waals surface area contributed by atoms with Crippen molar-refractivity contribution in [3.63, 3.8) is 0 Å². The maximum absolute atomic E-state index is 11.3. The van der Waals surface area contributed by atoms with Crippen molar-refractivity contribution in [3.8, 4) is 0 Å². The van der Waals surface area contributed by atoms with Crippen LogP contribution in [0, 0.1) is 10.1 Å². The molecule has 3 aromatic rings. The van der Waals surface area contributed by atoms with Crippen molar-refractivity contribution >= 4 is 39.4 Å². The highest BCUT2D eigenvalue weighted by atomic mass is 32.1. The van der Waals surface area contributed by atoms with Crippen molar-refractivity contribution in [2.24, 2.45) is 0 Å². The fourth-order valence-electron chi connectivity index (χ4n) is 1.75. The number of nitrogens with zero attached hydrogens (tertiary/aromatic N) is 2. The lowest BCUT2D eigenvalue weighted by atomic mass is 10.1. The number of pyridine rings is 1. The fourth-order valence-corrected chi connectivity index (χ4v) is 2.37. The molecule has 1 aromatic carbocycles. The van der Waals surface area contributed by atoms with Gasteiger partial charge in [0.15, 0.2) is 5.52 Å². The summed E-state index contributed by atoms with van der Waals surface area (Å²) in [7, 11) is 0. The SMILES string of the molecule is O=c1cc2c(cc([N+](=O)[O-])c3[nH]snc32)[nH]c1=O. The molecule has 0 spiro atoms. The minimum absolute atomic E-state index is 0.194. The van der Waals surface area contributed by atoms with Crippen LogP contribution in [0.4, 0.5) is 5.69 Å². The lowest BCUT2D eigenvalue weighted by molar-refractivity contribution is -0.383. The molecule has 0 radical (unpaired) electrons. The van der Waals surface area contributed by atoms with Crippen molar-refractivity contribution in [3.05, 3.63) is 42.8 Å². The van der Waals surface area contributed by atoms with Gasteiger partial charge in [0, 0.05) is 29.2 Å². The fraction of sp³-hybridized carbons (Fsp3) is 0. The number of H-pyrrole nitrogens is 2. The molecule has 0 saturated heterocycles. The molecule has 2 heterocycles. The van der Waals surface area contributed by atoms with Gasteiger partial charge in [-0.3, -0.25) is 24.1 Å². The highest BCUT2D eigenvalue weighted by Gasteiger charge is 2.18. The summed E-state index contributed by atoms with van der Waals surface area (Å²) >= 11 is 0.936. The van der Waals surface area contributed by atoms with E-state index < -0.39 is 15.9 Å². The van der Waals surface area contributed by atoms with Crippen LogP contribution in [0.25, 0.3) is 21.9 Å². The lowest BCUT2D eigenvalue weighted by Crippen LogP contribution is -2.25. The van der Waals surface area contributed by atoms with Gasteiger partial charge >= 0.3 is 0 Å². The first-order valence-electron chi connectivity index (χ1n) is 4.76. The second-order valence-corrected chi connectivity index (χ2v) is 4.15. The summed E-state index contributed by atoms with van der Waals surface area (Å²) in [6, 6.07) is 2.34. The summed E-state index contributed by atoms with van der Waals surface area (Å²) in [4.78, 5) is 35.2. The molecule has 0 aliphatic rings. The largest absolute Gasteiger partial charge is 0.318 e. The summed E-state index contributed by atoms with van der Waals surface area (Å²) in [6.45, 7) is 0. The van der Waals surface area contributed by atoms with E-state index in [9.17, 15) is 19.7 Å². The van der Waals surface area contributed by atoms with Gasteiger partial charge in [0.05, 0.1) is 10.4 Å². The Labute approximate surface area is 101 Å². The van der Waals surface area contributed by atoms with E-state index in [4.69, 9.17) is 0 Å². The van der Waals surface area contributed by atoms with Crippen molar-refractivity contribution in [1.29, 1.82) is 0 Å². The average Bonchev–Trinajstić information content (AvgIpc) is 2.79. The van der Waals surface area contributed by atoms with E-state index >= 15 is 0 Å². The van der Waals surface area contributed by atoms with Gasteiger partial charge in [0.1, 0.15) is 5.52 Å². The maximum atomic E-state index is 11.3. The third-order valence-corrected chi connectivity index (χ3v) is 3.12. The molecule has 2 N–H and O–H groups in total. The number of nitro benzene ring substituents is 1. The van der Waals surface area contributed by atoms with Gasteiger partial charge in [0.2, 0.25) is 5.43 Å². The number of nitrogens with one attached hydrogen (secondary N) is 2. The van der Waals surface area contributed by atoms with E-state index in [1.165, 1.54) is 6.07 Å². The van der Waals surface area contributed by atoms with Gasteiger partial charge in [-0.2, -0.15) is 4.37 Å². The predicted molar refractivity (Wildman–Crippen MR) is 65.0 cm³/mol. The van der Waals surface area contributed by atoms with Gasteiger partial charge in [-0.05, 0) is 0 Å². The molecule has 3 rings (SSSR count). The summed E-state index contributed by atoms with van der Waals surface area (Å²) in [5, 5.41) is 11.3. The standard InChI is InChI=1S/C9H4N4O4S/c14-6-1-3-4(10-9(6)15)2-5(13(16)17)8-7(3)11-18-12-8/h1-2,12H,(H,10,15). The lowest BCUT2D eigenvalue weighted by Gasteiger charge is -1.98. The number of hydrogen-bond acceptors (Lipinski definition) is 6. The zero-order valence-electron chi connectivity index (χ0n) is 8.59. The first kappa shape index (κ1) is 10.6. The molecule has 0 saturated carbocycles. The highest BCUT2D eigenvalue weighted by Crippen LogP contribution is 2.29. The van der Waals surface area contributed by atoms with Crippen molar-refractivity contribution in [2.75, 3.05) is 0 Å². The molecular weight excluding hydrogens is 260 g/mol. The zero-order chi connectivity index (χ0) is 12.9. The first-order chi connectivity index (χ1) is 8.58. The number of aromatic amines is 2. The summed E-state index contributed by atoms with van der Waals surface area (Å²) < 4.78 is 6.67. The summed E-state index contributed by atoms with van der Waals surface area (Å²) in [5.41, 5.74) is -0.943. The topological polar surface area (TPSA) is 122 Å². The van der Waals surface area contributed by atoms with Crippen LogP contribution in [0.1, 0.15) is 0 Å². The predicted octanol–water partition coefficient (Wildman–Crippen LogP) is 0.734. The Morgan fingerprint density at radius 1 is 1.33 bits per heavy atom. The molecule has 0 unspecified atom stereocenters. The van der Waals surface area contributed by atoms with E-state index in [-0.39, 0.29) is 16.7 Å². The van der Waals surface area contributed by atoms with Gasteiger partial charge in [-0.1, -0.05) is 0 Å². The van der Waals surface area contributed by atoms with Gasteiger partial charge in [-0.25, -0.2) is 0 Å². The molecule has 0 atom stereocenters. The highest BCUT2D eigenvalue weighted by molar-refractivity contribution is 7.00.